The third kappa shape index (κ3) is 3.41. The van der Waals surface area contributed by atoms with Crippen molar-refractivity contribution in [3.05, 3.63) is 53.1 Å². The van der Waals surface area contributed by atoms with E-state index in [2.05, 4.69) is 39.8 Å². The van der Waals surface area contributed by atoms with E-state index in [0.29, 0.717) is 11.5 Å². The predicted octanol–water partition coefficient (Wildman–Crippen LogP) is 4.27. The van der Waals surface area contributed by atoms with Crippen molar-refractivity contribution in [2.75, 3.05) is 51.8 Å². The molecule has 0 radical (unpaired) electrons. The Morgan fingerprint density at radius 3 is 2.41 bits per heavy atom. The quantitative estimate of drug-likeness (QED) is 0.702. The van der Waals surface area contributed by atoms with Gasteiger partial charge in [-0.1, -0.05) is 19.1 Å². The van der Waals surface area contributed by atoms with Gasteiger partial charge in [0.25, 0.3) is 5.91 Å². The molecule has 3 heterocycles. The Morgan fingerprint density at radius 2 is 1.69 bits per heavy atom. The lowest BCUT2D eigenvalue weighted by Gasteiger charge is -2.40. The highest BCUT2D eigenvalue weighted by atomic mass is 16.5. The molecule has 2 aromatic rings. The van der Waals surface area contributed by atoms with Gasteiger partial charge in [0, 0.05) is 43.0 Å². The minimum atomic E-state index is 0.0539. The first-order valence-electron chi connectivity index (χ1n) is 11.8. The van der Waals surface area contributed by atoms with E-state index in [1.807, 2.05) is 18.2 Å². The van der Waals surface area contributed by atoms with Crippen LogP contribution in [0.1, 0.15) is 59.8 Å². The van der Waals surface area contributed by atoms with Gasteiger partial charge in [-0.05, 0) is 55.6 Å². The van der Waals surface area contributed by atoms with Gasteiger partial charge in [0.1, 0.15) is 0 Å². The van der Waals surface area contributed by atoms with Crippen molar-refractivity contribution >= 4 is 11.6 Å². The van der Waals surface area contributed by atoms with Gasteiger partial charge in [-0.15, -0.1) is 0 Å². The summed E-state index contributed by atoms with van der Waals surface area (Å²) in [5.41, 5.74) is 4.50. The molecule has 5 rings (SSSR count). The standard InChI is InChI=1S/C26H33N3O3/c1-4-27-13-15-28(16-14-27)21-9-5-7-19-25(21)22-10-6-8-20(29(22)26(19)30)18-11-12-23(31-2)24(17-18)32-3/h5,7,9,11-12,17,20,22H,4,6,8,10,13-16H2,1-3H3/t20-,22-/m1/s1. The van der Waals surface area contributed by atoms with Crippen LogP contribution in [0.25, 0.3) is 0 Å². The van der Waals surface area contributed by atoms with Crippen LogP contribution >= 0.6 is 0 Å². The fraction of sp³-hybridized carbons (Fsp3) is 0.500. The van der Waals surface area contributed by atoms with E-state index in [-0.39, 0.29) is 18.0 Å². The predicted molar refractivity (Wildman–Crippen MR) is 126 cm³/mol. The molecule has 2 fully saturated rings. The van der Waals surface area contributed by atoms with Gasteiger partial charge in [0.2, 0.25) is 0 Å². The Hall–Kier alpha value is -2.73. The van der Waals surface area contributed by atoms with Crippen molar-refractivity contribution in [3.8, 4) is 11.5 Å². The number of anilines is 1. The van der Waals surface area contributed by atoms with Crippen LogP contribution in [0.2, 0.25) is 0 Å². The molecule has 2 aromatic carbocycles. The Morgan fingerprint density at radius 1 is 0.938 bits per heavy atom. The summed E-state index contributed by atoms with van der Waals surface area (Å²) in [6.45, 7) is 7.52. The lowest BCUT2D eigenvalue weighted by atomic mass is 9.89. The minimum absolute atomic E-state index is 0.0539. The number of piperidine rings is 1. The number of likely N-dealkylation sites (N-methyl/N-ethyl adjacent to an activating group) is 1. The smallest absolute Gasteiger partial charge is 0.255 e. The zero-order valence-electron chi connectivity index (χ0n) is 19.3. The number of piperazine rings is 1. The van der Waals surface area contributed by atoms with Crippen LogP contribution in [0.5, 0.6) is 11.5 Å². The highest BCUT2D eigenvalue weighted by Crippen LogP contribution is 2.51. The molecule has 6 nitrogen and oxygen atoms in total. The zero-order valence-corrected chi connectivity index (χ0v) is 19.3. The van der Waals surface area contributed by atoms with Crippen molar-refractivity contribution in [3.63, 3.8) is 0 Å². The van der Waals surface area contributed by atoms with Gasteiger partial charge in [-0.25, -0.2) is 0 Å². The maximum Gasteiger partial charge on any atom is 0.255 e. The second-order valence-electron chi connectivity index (χ2n) is 8.95. The molecule has 0 N–H and O–H groups in total. The van der Waals surface area contributed by atoms with E-state index in [1.54, 1.807) is 14.2 Å². The number of benzene rings is 2. The van der Waals surface area contributed by atoms with E-state index in [4.69, 9.17) is 9.47 Å². The SMILES string of the molecule is CCN1CCN(c2cccc3c2[C@H]2CCC[C@H](c4ccc(OC)c(OC)c4)N2C3=O)CC1. The number of nitrogens with zero attached hydrogens (tertiary/aromatic N) is 3. The Bertz CT molecular complexity index is 1000. The molecule has 0 unspecified atom stereocenters. The van der Waals surface area contributed by atoms with E-state index < -0.39 is 0 Å². The maximum absolute atomic E-state index is 13.7. The molecule has 3 aliphatic rings. The molecule has 2 atom stereocenters. The van der Waals surface area contributed by atoms with Gasteiger partial charge in [0.15, 0.2) is 11.5 Å². The average molecular weight is 436 g/mol. The molecule has 0 bridgehead atoms. The van der Waals surface area contributed by atoms with Crippen molar-refractivity contribution in [2.45, 2.75) is 38.3 Å². The molecule has 3 aliphatic heterocycles. The summed E-state index contributed by atoms with van der Waals surface area (Å²) in [4.78, 5) is 20.8. The fourth-order valence-corrected chi connectivity index (χ4v) is 5.76. The summed E-state index contributed by atoms with van der Waals surface area (Å²) in [7, 11) is 3.31. The van der Waals surface area contributed by atoms with Gasteiger partial charge >= 0.3 is 0 Å². The number of methoxy groups -OCH3 is 2. The first kappa shape index (κ1) is 21.1. The normalized spacial score (nSPS) is 23.2. The Labute approximate surface area is 190 Å². The number of fused-ring (bicyclic) bond motifs is 3. The summed E-state index contributed by atoms with van der Waals surface area (Å²) < 4.78 is 11.0. The van der Waals surface area contributed by atoms with Crippen LogP contribution < -0.4 is 14.4 Å². The number of carbonyl (C=O) groups excluding carboxylic acids is 1. The largest absolute Gasteiger partial charge is 0.493 e. The first-order chi connectivity index (χ1) is 15.7. The summed E-state index contributed by atoms with van der Waals surface area (Å²) in [5, 5.41) is 0. The molecule has 0 spiro atoms. The van der Waals surface area contributed by atoms with E-state index in [9.17, 15) is 4.79 Å². The minimum Gasteiger partial charge on any atom is -0.493 e. The topological polar surface area (TPSA) is 45.2 Å². The lowest BCUT2D eigenvalue weighted by molar-refractivity contribution is 0.0515. The Kier molecular flexibility index (Phi) is 5.72. The van der Waals surface area contributed by atoms with Gasteiger partial charge < -0.3 is 24.2 Å². The summed E-state index contributed by atoms with van der Waals surface area (Å²) in [6.07, 6.45) is 3.09. The van der Waals surface area contributed by atoms with Crippen LogP contribution in [0.4, 0.5) is 5.69 Å². The second kappa shape index (κ2) is 8.66. The van der Waals surface area contributed by atoms with Gasteiger partial charge in [0.05, 0.1) is 26.3 Å². The molecular weight excluding hydrogens is 402 g/mol. The number of amides is 1. The monoisotopic (exact) mass is 435 g/mol. The maximum atomic E-state index is 13.7. The molecular formula is C26H33N3O3. The number of ether oxygens (including phenoxy) is 2. The van der Waals surface area contributed by atoms with E-state index in [1.165, 1.54) is 11.3 Å². The van der Waals surface area contributed by atoms with Gasteiger partial charge in [-0.3, -0.25) is 4.79 Å². The first-order valence-corrected chi connectivity index (χ1v) is 11.8. The average Bonchev–Trinajstić information content (AvgIpc) is 3.16. The molecule has 0 aliphatic carbocycles. The molecule has 2 saturated heterocycles. The number of carbonyl (C=O) groups is 1. The van der Waals surface area contributed by atoms with Crippen LogP contribution in [0.3, 0.4) is 0 Å². The third-order valence-electron chi connectivity index (χ3n) is 7.46. The van der Waals surface area contributed by atoms with E-state index >= 15 is 0 Å². The van der Waals surface area contributed by atoms with Gasteiger partial charge in [-0.2, -0.15) is 0 Å². The molecule has 170 valence electrons. The van der Waals surface area contributed by atoms with Crippen LogP contribution in [0, 0.1) is 0 Å². The second-order valence-corrected chi connectivity index (χ2v) is 8.95. The van der Waals surface area contributed by atoms with Crippen LogP contribution in [-0.2, 0) is 0 Å². The third-order valence-corrected chi connectivity index (χ3v) is 7.46. The number of hydrogen-bond donors (Lipinski definition) is 0. The zero-order chi connectivity index (χ0) is 22.2. The van der Waals surface area contributed by atoms with Crippen molar-refractivity contribution < 1.29 is 14.3 Å². The van der Waals surface area contributed by atoms with Crippen molar-refractivity contribution in [1.82, 2.24) is 9.80 Å². The van der Waals surface area contributed by atoms with Crippen molar-refractivity contribution in [1.29, 1.82) is 0 Å². The molecule has 32 heavy (non-hydrogen) atoms. The van der Waals surface area contributed by atoms with E-state index in [0.717, 1.165) is 63.1 Å². The van der Waals surface area contributed by atoms with Crippen molar-refractivity contribution in [2.24, 2.45) is 0 Å². The number of hydrogen-bond acceptors (Lipinski definition) is 5. The summed E-state index contributed by atoms with van der Waals surface area (Å²) in [5.74, 6) is 1.59. The molecule has 0 aromatic heterocycles. The molecule has 1 amide bonds. The fourth-order valence-electron chi connectivity index (χ4n) is 5.76. The van der Waals surface area contributed by atoms with Crippen LogP contribution in [-0.4, -0.2) is 62.7 Å². The number of rotatable bonds is 5. The molecule has 0 saturated carbocycles. The summed E-state index contributed by atoms with van der Waals surface area (Å²) in [6, 6.07) is 12.6. The van der Waals surface area contributed by atoms with Crippen LogP contribution in [0.15, 0.2) is 36.4 Å². The Balaban J connectivity index is 1.49. The molecule has 6 heteroatoms. The lowest BCUT2D eigenvalue weighted by Crippen LogP contribution is -2.46. The summed E-state index contributed by atoms with van der Waals surface area (Å²) >= 11 is 0. The highest BCUT2D eigenvalue weighted by molar-refractivity contribution is 6.01. The highest BCUT2D eigenvalue weighted by Gasteiger charge is 2.45.